The van der Waals surface area contributed by atoms with Gasteiger partial charge in [0.05, 0.1) is 63.3 Å². The van der Waals surface area contributed by atoms with Gasteiger partial charge in [-0.1, -0.05) is 70.4 Å². The Kier molecular flexibility index (Phi) is 16.8. The first kappa shape index (κ1) is 46.2. The first-order chi connectivity index (χ1) is 29.5. The highest BCUT2D eigenvalue weighted by Gasteiger charge is 2.57. The second-order valence-corrected chi connectivity index (χ2v) is 15.7. The lowest BCUT2D eigenvalue weighted by Gasteiger charge is -2.49. The Labute approximate surface area is 359 Å². The highest BCUT2D eigenvalue weighted by atomic mass is 16.5. The zero-order valence-electron chi connectivity index (χ0n) is 36.5. The van der Waals surface area contributed by atoms with Crippen LogP contribution in [-0.4, -0.2) is 93.9 Å². The smallest absolute Gasteiger partial charge is 0.338 e. The largest absolute Gasteiger partial charge is 0.496 e. The quantitative estimate of drug-likeness (QED) is 0.0601. The van der Waals surface area contributed by atoms with E-state index in [4.69, 9.17) is 23.7 Å². The molecule has 3 aromatic carbocycles. The zero-order chi connectivity index (χ0) is 44.1. The van der Waals surface area contributed by atoms with Crippen LogP contribution in [-0.2, 0) is 37.1 Å². The van der Waals surface area contributed by atoms with Crippen LogP contribution in [0.25, 0.3) is 0 Å². The third-order valence-corrected chi connectivity index (χ3v) is 11.6. The average molecular weight is 840 g/mol. The van der Waals surface area contributed by atoms with Crippen molar-refractivity contribution in [2.75, 3.05) is 54.6 Å². The topological polar surface area (TPSA) is 150 Å². The van der Waals surface area contributed by atoms with Crippen molar-refractivity contribution in [1.82, 2.24) is 15.1 Å². The molecule has 3 aromatic rings. The Balaban J connectivity index is 1.41. The lowest BCUT2D eigenvalue weighted by molar-refractivity contribution is -0.154. The molecule has 2 bridgehead atoms. The van der Waals surface area contributed by atoms with Crippen LogP contribution >= 0.6 is 0 Å². The van der Waals surface area contributed by atoms with E-state index in [9.17, 15) is 24.0 Å². The van der Waals surface area contributed by atoms with Crippen molar-refractivity contribution in [2.24, 2.45) is 11.8 Å². The van der Waals surface area contributed by atoms with E-state index >= 15 is 0 Å². The molecule has 0 radical (unpaired) electrons. The van der Waals surface area contributed by atoms with E-state index < -0.39 is 35.5 Å². The summed E-state index contributed by atoms with van der Waals surface area (Å²) in [6.45, 7) is 8.98. The highest BCUT2D eigenvalue weighted by molar-refractivity contribution is 6.01. The van der Waals surface area contributed by atoms with Crippen molar-refractivity contribution in [3.63, 3.8) is 0 Å². The number of hydrogen-bond acceptors (Lipinski definition) is 10. The standard InChI is InChI=1S/C48H61N3O10/c1-8-11-13-21-51(22-14-12-9-2)47(55)45-43-36-24-33(61-30-31-15-17-32(18-16-31)48(56)60-23-10-3)19-20-35(36)37(27-39(43)52)44(45)46(54)50(4)29-42(53)49-28-38-40(58-6)25-34(57-5)26-41(38)59-7/h10,15-20,24-26,37,43-45H,3,8-9,11-14,21-23,27-30H2,1-2,4-7H3,(H,49,53). The number of rotatable bonds is 23. The Morgan fingerprint density at radius 1 is 0.803 bits per heavy atom. The van der Waals surface area contributed by atoms with Gasteiger partial charge in [-0.3, -0.25) is 19.2 Å². The van der Waals surface area contributed by atoms with E-state index in [2.05, 4.69) is 25.7 Å². The van der Waals surface area contributed by atoms with Crippen molar-refractivity contribution < 1.29 is 47.7 Å². The van der Waals surface area contributed by atoms with Crippen LogP contribution in [0.15, 0.2) is 67.3 Å². The van der Waals surface area contributed by atoms with Crippen LogP contribution < -0.4 is 24.3 Å². The maximum atomic E-state index is 15.0. The Hall–Kier alpha value is -5.85. The van der Waals surface area contributed by atoms with Crippen LogP contribution in [0.4, 0.5) is 0 Å². The number of benzene rings is 3. The summed E-state index contributed by atoms with van der Waals surface area (Å²) in [6.07, 6.45) is 7.13. The minimum Gasteiger partial charge on any atom is -0.496 e. The summed E-state index contributed by atoms with van der Waals surface area (Å²) in [6, 6.07) is 15.9. The number of likely N-dealkylation sites (N-methyl/N-ethyl adjacent to an activating group) is 1. The van der Waals surface area contributed by atoms with Gasteiger partial charge in [-0.15, -0.1) is 0 Å². The molecule has 0 aromatic heterocycles. The van der Waals surface area contributed by atoms with Crippen molar-refractivity contribution in [1.29, 1.82) is 0 Å². The van der Waals surface area contributed by atoms with E-state index in [1.165, 1.54) is 32.3 Å². The molecule has 1 saturated carbocycles. The number of amides is 3. The normalized spacial score (nSPS) is 17.4. The van der Waals surface area contributed by atoms with Gasteiger partial charge in [0.15, 0.2) is 0 Å². The number of unbranched alkanes of at least 4 members (excludes halogenated alkanes) is 4. The fourth-order valence-corrected chi connectivity index (χ4v) is 8.48. The third kappa shape index (κ3) is 11.1. The summed E-state index contributed by atoms with van der Waals surface area (Å²) in [5, 5.41) is 2.89. The van der Waals surface area contributed by atoms with Gasteiger partial charge in [-0.25, -0.2) is 4.79 Å². The molecule has 0 aliphatic heterocycles. The van der Waals surface area contributed by atoms with Gasteiger partial charge in [0.1, 0.15) is 42.0 Å². The van der Waals surface area contributed by atoms with E-state index in [1.807, 2.05) is 23.1 Å². The summed E-state index contributed by atoms with van der Waals surface area (Å²) >= 11 is 0. The van der Waals surface area contributed by atoms with E-state index in [1.54, 1.807) is 43.4 Å². The van der Waals surface area contributed by atoms with Crippen molar-refractivity contribution in [3.05, 3.63) is 95.1 Å². The lowest BCUT2D eigenvalue weighted by atomic mass is 9.55. The number of esters is 1. The zero-order valence-corrected chi connectivity index (χ0v) is 36.5. The van der Waals surface area contributed by atoms with E-state index in [0.29, 0.717) is 52.8 Å². The number of nitrogens with zero attached hydrogens (tertiary/aromatic N) is 2. The number of nitrogens with one attached hydrogen (secondary N) is 1. The molecule has 13 heteroatoms. The van der Waals surface area contributed by atoms with Gasteiger partial charge < -0.3 is 38.8 Å². The van der Waals surface area contributed by atoms with Crippen molar-refractivity contribution in [2.45, 2.75) is 83.8 Å². The monoisotopic (exact) mass is 839 g/mol. The summed E-state index contributed by atoms with van der Waals surface area (Å²) in [7, 11) is 6.13. The van der Waals surface area contributed by atoms with Gasteiger partial charge in [0, 0.05) is 44.6 Å². The molecule has 61 heavy (non-hydrogen) atoms. The van der Waals surface area contributed by atoms with Gasteiger partial charge >= 0.3 is 5.97 Å². The molecular formula is C48H61N3O10. The molecule has 4 atom stereocenters. The summed E-state index contributed by atoms with van der Waals surface area (Å²) in [4.78, 5) is 72.8. The lowest BCUT2D eigenvalue weighted by Crippen LogP contribution is -2.56. The van der Waals surface area contributed by atoms with Crippen LogP contribution in [0.3, 0.4) is 0 Å². The third-order valence-electron chi connectivity index (χ3n) is 11.6. The van der Waals surface area contributed by atoms with Crippen LogP contribution in [0, 0.1) is 11.8 Å². The molecule has 0 spiro atoms. The number of Topliss-reactive ketones (excluding diaryl/α,β-unsaturated/α-hetero) is 1. The van der Waals surface area contributed by atoms with Crippen LogP contribution in [0.5, 0.6) is 23.0 Å². The highest BCUT2D eigenvalue weighted by Crippen LogP contribution is 2.55. The first-order valence-electron chi connectivity index (χ1n) is 21.3. The second kappa shape index (κ2) is 22.1. The maximum Gasteiger partial charge on any atom is 0.338 e. The summed E-state index contributed by atoms with van der Waals surface area (Å²) in [5.41, 5.74) is 3.37. The number of carbonyl (C=O) groups is 5. The average Bonchev–Trinajstić information content (AvgIpc) is 3.27. The molecule has 328 valence electrons. The van der Waals surface area contributed by atoms with Gasteiger partial charge in [0.25, 0.3) is 0 Å². The Morgan fingerprint density at radius 3 is 2.05 bits per heavy atom. The summed E-state index contributed by atoms with van der Waals surface area (Å²) in [5.74, 6) is -2.74. The number of methoxy groups -OCH3 is 3. The van der Waals surface area contributed by atoms with Crippen molar-refractivity contribution in [3.8, 4) is 23.0 Å². The SMILES string of the molecule is C=CCOC(=O)c1ccc(COc2ccc3c(c2)C2C(=O)CC3C(C(=O)N(C)CC(=O)NCc3c(OC)cc(OC)cc3OC)C2C(=O)N(CCCCC)CCCCC)cc1. The molecule has 0 saturated heterocycles. The van der Waals surface area contributed by atoms with E-state index in [-0.39, 0.29) is 50.3 Å². The van der Waals surface area contributed by atoms with Gasteiger partial charge in [0.2, 0.25) is 17.7 Å². The molecule has 1 fully saturated rings. The Bertz CT molecular complexity index is 2000. The fraction of sp³-hybridized carbons (Fsp3) is 0.479. The molecule has 3 aliphatic rings. The van der Waals surface area contributed by atoms with Crippen LogP contribution in [0.1, 0.15) is 103 Å². The number of carbonyl (C=O) groups excluding carboxylic acids is 5. The molecular weight excluding hydrogens is 779 g/mol. The first-order valence-corrected chi connectivity index (χ1v) is 21.3. The minimum absolute atomic E-state index is 0.0687. The predicted octanol–water partition coefficient (Wildman–Crippen LogP) is 7.00. The summed E-state index contributed by atoms with van der Waals surface area (Å²) < 4.78 is 27.8. The number of ketones is 1. The molecule has 3 amide bonds. The Morgan fingerprint density at radius 2 is 1.46 bits per heavy atom. The second-order valence-electron chi connectivity index (χ2n) is 15.7. The van der Waals surface area contributed by atoms with Crippen molar-refractivity contribution >= 4 is 29.5 Å². The van der Waals surface area contributed by atoms with E-state index in [0.717, 1.165) is 49.7 Å². The number of hydrogen-bond donors (Lipinski definition) is 1. The number of fused-ring (bicyclic) bond motifs is 2. The molecule has 3 aliphatic carbocycles. The molecule has 6 rings (SSSR count). The van der Waals surface area contributed by atoms with Gasteiger partial charge in [-0.05, 0) is 53.8 Å². The molecule has 1 N–H and O–H groups in total. The minimum atomic E-state index is -0.948. The van der Waals surface area contributed by atoms with Gasteiger partial charge in [-0.2, -0.15) is 0 Å². The molecule has 4 unspecified atom stereocenters. The maximum absolute atomic E-state index is 15.0. The molecule has 13 nitrogen and oxygen atoms in total. The molecule has 0 heterocycles. The predicted molar refractivity (Wildman–Crippen MR) is 231 cm³/mol. The number of ether oxygens (including phenoxy) is 5. The van der Waals surface area contributed by atoms with Crippen LogP contribution in [0.2, 0.25) is 0 Å². The fourth-order valence-electron chi connectivity index (χ4n) is 8.48.